The molecule has 3 N–H and O–H groups in total. The molecule has 1 heterocycles. The summed E-state index contributed by atoms with van der Waals surface area (Å²) in [5.41, 5.74) is 7.58. The second kappa shape index (κ2) is 7.21. The van der Waals surface area contributed by atoms with Gasteiger partial charge in [0.15, 0.2) is 0 Å². The van der Waals surface area contributed by atoms with Gasteiger partial charge in [0.05, 0.1) is 7.11 Å². The monoisotopic (exact) mass is 299 g/mol. The number of nitrogens with two attached hydrogens (primary N) is 1. The zero-order chi connectivity index (χ0) is 15.9. The van der Waals surface area contributed by atoms with Gasteiger partial charge in [-0.3, -0.25) is 9.78 Å². The van der Waals surface area contributed by atoms with Gasteiger partial charge >= 0.3 is 5.97 Å². The van der Waals surface area contributed by atoms with Crippen LogP contribution in [0.2, 0.25) is 0 Å². The molecule has 0 saturated carbocycles. The first-order valence-corrected chi connectivity index (χ1v) is 6.73. The molecule has 2 aromatic rings. The summed E-state index contributed by atoms with van der Waals surface area (Å²) in [6, 6.07) is 9.49. The van der Waals surface area contributed by atoms with Crippen molar-refractivity contribution in [2.75, 3.05) is 12.8 Å². The van der Waals surface area contributed by atoms with E-state index in [1.807, 2.05) is 12.1 Å². The van der Waals surface area contributed by atoms with Crippen LogP contribution in [0, 0.1) is 0 Å². The largest absolute Gasteiger partial charge is 0.467 e. The lowest BCUT2D eigenvalue weighted by Gasteiger charge is -2.16. The van der Waals surface area contributed by atoms with Crippen LogP contribution >= 0.6 is 0 Å². The number of methoxy groups -OCH3 is 1. The number of rotatable bonds is 5. The second-order valence-corrected chi connectivity index (χ2v) is 4.73. The van der Waals surface area contributed by atoms with Crippen LogP contribution < -0.4 is 11.1 Å². The fourth-order valence-electron chi connectivity index (χ4n) is 1.97. The van der Waals surface area contributed by atoms with Crippen molar-refractivity contribution >= 4 is 17.6 Å². The van der Waals surface area contributed by atoms with Crippen molar-refractivity contribution in [1.82, 2.24) is 10.3 Å². The van der Waals surface area contributed by atoms with E-state index in [0.29, 0.717) is 17.7 Å². The van der Waals surface area contributed by atoms with Crippen molar-refractivity contribution in [3.63, 3.8) is 0 Å². The molecule has 0 saturated heterocycles. The molecule has 6 heteroatoms. The molecule has 114 valence electrons. The van der Waals surface area contributed by atoms with E-state index in [0.717, 1.165) is 5.56 Å². The fourth-order valence-corrected chi connectivity index (χ4v) is 1.97. The van der Waals surface area contributed by atoms with Crippen LogP contribution in [-0.2, 0) is 16.0 Å². The SMILES string of the molecule is COC(=O)[C@H](Cc1ccc(N)cc1)NC(=O)c1ccncc1. The predicted octanol–water partition coefficient (Wildman–Crippen LogP) is 1.18. The number of nitrogens with zero attached hydrogens (tertiary/aromatic N) is 1. The van der Waals surface area contributed by atoms with Crippen molar-refractivity contribution in [2.24, 2.45) is 0 Å². The highest BCUT2D eigenvalue weighted by atomic mass is 16.5. The molecule has 0 unspecified atom stereocenters. The average Bonchev–Trinajstić information content (AvgIpc) is 2.56. The number of ether oxygens (including phenoxy) is 1. The zero-order valence-corrected chi connectivity index (χ0v) is 12.2. The first-order chi connectivity index (χ1) is 10.6. The Morgan fingerprint density at radius 1 is 1.18 bits per heavy atom. The van der Waals surface area contributed by atoms with Gasteiger partial charge in [0.1, 0.15) is 6.04 Å². The van der Waals surface area contributed by atoms with Gasteiger partial charge in [-0.1, -0.05) is 12.1 Å². The van der Waals surface area contributed by atoms with Crippen molar-refractivity contribution in [2.45, 2.75) is 12.5 Å². The highest BCUT2D eigenvalue weighted by Gasteiger charge is 2.22. The molecule has 2 rings (SSSR count). The van der Waals surface area contributed by atoms with Crippen LogP contribution in [-0.4, -0.2) is 30.0 Å². The summed E-state index contributed by atoms with van der Waals surface area (Å²) in [5, 5.41) is 2.67. The molecule has 0 aliphatic rings. The number of pyridine rings is 1. The van der Waals surface area contributed by atoms with Crippen LogP contribution in [0.1, 0.15) is 15.9 Å². The lowest BCUT2D eigenvalue weighted by atomic mass is 10.1. The minimum Gasteiger partial charge on any atom is -0.467 e. The molecule has 6 nitrogen and oxygen atoms in total. The average molecular weight is 299 g/mol. The summed E-state index contributed by atoms with van der Waals surface area (Å²) < 4.78 is 4.75. The van der Waals surface area contributed by atoms with Gasteiger partial charge in [0, 0.05) is 30.1 Å². The zero-order valence-electron chi connectivity index (χ0n) is 12.2. The molecule has 0 spiro atoms. The van der Waals surface area contributed by atoms with Gasteiger partial charge in [-0.2, -0.15) is 0 Å². The molecule has 1 atom stereocenters. The van der Waals surface area contributed by atoms with E-state index >= 15 is 0 Å². The maximum atomic E-state index is 12.2. The number of carbonyl (C=O) groups is 2. The number of benzene rings is 1. The highest BCUT2D eigenvalue weighted by molar-refractivity contribution is 5.96. The summed E-state index contributed by atoms with van der Waals surface area (Å²) in [6.07, 6.45) is 3.36. The number of hydrogen-bond donors (Lipinski definition) is 2. The Balaban J connectivity index is 2.11. The van der Waals surface area contributed by atoms with E-state index in [1.54, 1.807) is 24.3 Å². The molecular formula is C16H17N3O3. The maximum Gasteiger partial charge on any atom is 0.328 e. The van der Waals surface area contributed by atoms with Crippen molar-refractivity contribution < 1.29 is 14.3 Å². The van der Waals surface area contributed by atoms with Gasteiger partial charge in [0.2, 0.25) is 0 Å². The Morgan fingerprint density at radius 3 is 2.41 bits per heavy atom. The Hall–Kier alpha value is -2.89. The van der Waals surface area contributed by atoms with Crippen molar-refractivity contribution in [3.8, 4) is 0 Å². The summed E-state index contributed by atoms with van der Waals surface area (Å²) >= 11 is 0. The summed E-state index contributed by atoms with van der Waals surface area (Å²) in [4.78, 5) is 27.9. The van der Waals surface area contributed by atoms with E-state index in [2.05, 4.69) is 10.3 Å². The van der Waals surface area contributed by atoms with Gasteiger partial charge in [-0.15, -0.1) is 0 Å². The Morgan fingerprint density at radius 2 is 1.82 bits per heavy atom. The van der Waals surface area contributed by atoms with Crippen LogP contribution in [0.15, 0.2) is 48.8 Å². The van der Waals surface area contributed by atoms with Crippen LogP contribution in [0.5, 0.6) is 0 Å². The van der Waals surface area contributed by atoms with Crippen molar-refractivity contribution in [1.29, 1.82) is 0 Å². The Bertz CT molecular complexity index is 641. The number of nitrogen functional groups attached to an aromatic ring is 1. The second-order valence-electron chi connectivity index (χ2n) is 4.73. The normalized spacial score (nSPS) is 11.5. The number of anilines is 1. The summed E-state index contributed by atoms with van der Waals surface area (Å²) in [5.74, 6) is -0.854. The molecular weight excluding hydrogens is 282 g/mol. The number of aromatic nitrogens is 1. The van der Waals surface area contributed by atoms with Gasteiger partial charge in [0.25, 0.3) is 5.91 Å². The number of amides is 1. The third-order valence-corrected chi connectivity index (χ3v) is 3.15. The third kappa shape index (κ3) is 4.05. The lowest BCUT2D eigenvalue weighted by molar-refractivity contribution is -0.142. The number of esters is 1. The molecule has 0 aliphatic heterocycles. The third-order valence-electron chi connectivity index (χ3n) is 3.15. The number of carbonyl (C=O) groups excluding carboxylic acids is 2. The molecule has 0 fully saturated rings. The minimum atomic E-state index is -0.769. The quantitative estimate of drug-likeness (QED) is 0.638. The topological polar surface area (TPSA) is 94.3 Å². The Kier molecular flexibility index (Phi) is 5.08. The molecule has 1 aromatic carbocycles. The smallest absolute Gasteiger partial charge is 0.328 e. The van der Waals surface area contributed by atoms with E-state index < -0.39 is 12.0 Å². The lowest BCUT2D eigenvalue weighted by Crippen LogP contribution is -2.43. The molecule has 22 heavy (non-hydrogen) atoms. The van der Waals surface area contributed by atoms with Gasteiger partial charge in [-0.05, 0) is 29.8 Å². The van der Waals surface area contributed by atoms with Gasteiger partial charge in [-0.25, -0.2) is 4.79 Å². The molecule has 0 radical (unpaired) electrons. The first-order valence-electron chi connectivity index (χ1n) is 6.73. The molecule has 0 aliphatic carbocycles. The minimum absolute atomic E-state index is 0.323. The number of nitrogens with one attached hydrogen (secondary N) is 1. The summed E-state index contributed by atoms with van der Waals surface area (Å²) in [6.45, 7) is 0. The predicted molar refractivity (Wildman–Crippen MR) is 82.1 cm³/mol. The first kappa shape index (κ1) is 15.5. The van der Waals surface area contributed by atoms with Crippen LogP contribution in [0.25, 0.3) is 0 Å². The standard InChI is InChI=1S/C16H17N3O3/c1-22-16(21)14(10-11-2-4-13(17)5-3-11)19-15(20)12-6-8-18-9-7-12/h2-9,14H,10,17H2,1H3,(H,19,20)/t14-/m0/s1. The molecule has 1 aromatic heterocycles. The van der Waals surface area contributed by atoms with E-state index in [-0.39, 0.29) is 5.91 Å². The highest BCUT2D eigenvalue weighted by Crippen LogP contribution is 2.09. The van der Waals surface area contributed by atoms with Crippen LogP contribution in [0.4, 0.5) is 5.69 Å². The van der Waals surface area contributed by atoms with E-state index in [4.69, 9.17) is 10.5 Å². The van der Waals surface area contributed by atoms with E-state index in [1.165, 1.54) is 19.5 Å². The molecule has 1 amide bonds. The van der Waals surface area contributed by atoms with Crippen LogP contribution in [0.3, 0.4) is 0 Å². The maximum absolute atomic E-state index is 12.2. The fraction of sp³-hybridized carbons (Fsp3) is 0.188. The summed E-state index contributed by atoms with van der Waals surface area (Å²) in [7, 11) is 1.29. The van der Waals surface area contributed by atoms with E-state index in [9.17, 15) is 9.59 Å². The number of hydrogen-bond acceptors (Lipinski definition) is 5. The van der Waals surface area contributed by atoms with Crippen molar-refractivity contribution in [3.05, 3.63) is 59.9 Å². The Labute approximate surface area is 128 Å². The van der Waals surface area contributed by atoms with Gasteiger partial charge < -0.3 is 15.8 Å². The molecule has 0 bridgehead atoms.